The van der Waals surface area contributed by atoms with Crippen molar-refractivity contribution in [2.24, 2.45) is 10.9 Å². The first kappa shape index (κ1) is 20.2. The summed E-state index contributed by atoms with van der Waals surface area (Å²) in [7, 11) is 0. The number of hydrogen-bond acceptors (Lipinski definition) is 6. The van der Waals surface area contributed by atoms with Gasteiger partial charge in [-0.1, -0.05) is 0 Å². The molecule has 0 bridgehead atoms. The molecule has 4 rings (SSSR count). The molecule has 1 atom stereocenters. The lowest BCUT2D eigenvalue weighted by atomic mass is 10.0. The molecular weight excluding hydrogens is 378 g/mol. The minimum Gasteiger partial charge on any atom is -0.494 e. The van der Waals surface area contributed by atoms with Gasteiger partial charge in [-0.3, -0.25) is 14.8 Å². The first-order chi connectivity index (χ1) is 14.6. The lowest BCUT2D eigenvalue weighted by molar-refractivity contribution is 0.0930. The average Bonchev–Trinajstić information content (AvgIpc) is 3.45. The molecule has 1 aromatic carbocycles. The predicted molar refractivity (Wildman–Crippen MR) is 117 cm³/mol. The summed E-state index contributed by atoms with van der Waals surface area (Å²) in [6.45, 7) is 6.73. The fourth-order valence-corrected chi connectivity index (χ4v) is 3.67. The zero-order valence-electron chi connectivity index (χ0n) is 17.6. The van der Waals surface area contributed by atoms with Crippen LogP contribution in [0.1, 0.15) is 53.0 Å². The van der Waals surface area contributed by atoms with Crippen LogP contribution >= 0.6 is 0 Å². The van der Waals surface area contributed by atoms with E-state index in [0.29, 0.717) is 24.6 Å². The fourth-order valence-electron chi connectivity index (χ4n) is 3.67. The van der Waals surface area contributed by atoms with Crippen LogP contribution in [-0.2, 0) is 6.54 Å². The zero-order chi connectivity index (χ0) is 20.9. The Morgan fingerprint density at radius 3 is 2.87 bits per heavy atom. The standard InChI is InChI=1S/C23H29N5O2/c1-3-30-20-7-6-17(13-18(20)14-27-23-25-10-11-26-23)22(29)28-21(16-4-5-16)19-12-15(2)8-9-24-19/h6-9,12-13,16,21H,3-5,10-11,14H2,1-2H3,(H,28,29)(H2,25,26,27). The van der Waals surface area contributed by atoms with Gasteiger partial charge in [0.25, 0.3) is 5.91 Å². The summed E-state index contributed by atoms with van der Waals surface area (Å²) in [6.07, 6.45) is 4.05. The third kappa shape index (κ3) is 4.90. The fraction of sp³-hybridized carbons (Fsp3) is 0.435. The molecule has 2 aliphatic rings. The Labute approximate surface area is 177 Å². The van der Waals surface area contributed by atoms with E-state index in [9.17, 15) is 4.79 Å². The lowest BCUT2D eigenvalue weighted by Crippen LogP contribution is -2.33. The van der Waals surface area contributed by atoms with Crippen molar-refractivity contribution < 1.29 is 9.53 Å². The molecule has 2 heterocycles. The summed E-state index contributed by atoms with van der Waals surface area (Å²) in [4.78, 5) is 22.0. The average molecular weight is 408 g/mol. The Kier molecular flexibility index (Phi) is 6.16. The molecule has 0 spiro atoms. The van der Waals surface area contributed by atoms with Crippen LogP contribution in [0.25, 0.3) is 0 Å². The van der Waals surface area contributed by atoms with E-state index in [1.54, 1.807) is 0 Å². The normalized spacial score (nSPS) is 16.4. The first-order valence-corrected chi connectivity index (χ1v) is 10.7. The number of aromatic nitrogens is 1. The summed E-state index contributed by atoms with van der Waals surface area (Å²) in [6, 6.07) is 9.58. The van der Waals surface area contributed by atoms with Crippen LogP contribution in [0.4, 0.5) is 0 Å². The second-order valence-corrected chi connectivity index (χ2v) is 7.81. The van der Waals surface area contributed by atoms with E-state index < -0.39 is 0 Å². The SMILES string of the molecule is CCOc1ccc(C(=O)NC(c2cc(C)ccn2)C2CC2)cc1CNC1=NCCN1. The van der Waals surface area contributed by atoms with E-state index in [4.69, 9.17) is 4.74 Å². The van der Waals surface area contributed by atoms with Crippen LogP contribution in [0, 0.1) is 12.8 Å². The van der Waals surface area contributed by atoms with E-state index in [-0.39, 0.29) is 11.9 Å². The van der Waals surface area contributed by atoms with Crippen molar-refractivity contribution in [2.45, 2.75) is 39.3 Å². The molecule has 1 amide bonds. The first-order valence-electron chi connectivity index (χ1n) is 10.7. The molecule has 0 radical (unpaired) electrons. The highest BCUT2D eigenvalue weighted by Crippen LogP contribution is 2.40. The highest BCUT2D eigenvalue weighted by molar-refractivity contribution is 5.95. The van der Waals surface area contributed by atoms with E-state index in [1.165, 1.54) is 0 Å². The van der Waals surface area contributed by atoms with Gasteiger partial charge >= 0.3 is 0 Å². The molecule has 158 valence electrons. The molecule has 7 heteroatoms. The second-order valence-electron chi connectivity index (χ2n) is 7.81. The number of aliphatic imine (C=N–C) groups is 1. The molecule has 3 N–H and O–H groups in total. The second kappa shape index (κ2) is 9.15. The number of nitrogens with one attached hydrogen (secondary N) is 3. The minimum absolute atomic E-state index is 0.0532. The molecule has 1 aliphatic carbocycles. The van der Waals surface area contributed by atoms with Gasteiger partial charge in [0.1, 0.15) is 5.75 Å². The maximum Gasteiger partial charge on any atom is 0.251 e. The molecule has 1 aliphatic heterocycles. The van der Waals surface area contributed by atoms with Gasteiger partial charge in [-0.2, -0.15) is 0 Å². The quantitative estimate of drug-likeness (QED) is 0.626. The Hall–Kier alpha value is -3.09. The van der Waals surface area contributed by atoms with Crippen LogP contribution in [0.5, 0.6) is 5.75 Å². The van der Waals surface area contributed by atoms with Crippen molar-refractivity contribution in [3.63, 3.8) is 0 Å². The maximum atomic E-state index is 13.1. The number of pyridine rings is 1. The molecule has 0 saturated heterocycles. The summed E-state index contributed by atoms with van der Waals surface area (Å²) < 4.78 is 5.76. The van der Waals surface area contributed by atoms with Gasteiger partial charge in [-0.05, 0) is 68.5 Å². The molecular formula is C23H29N5O2. The Balaban J connectivity index is 1.51. The van der Waals surface area contributed by atoms with Gasteiger partial charge < -0.3 is 20.7 Å². The van der Waals surface area contributed by atoms with Crippen LogP contribution < -0.4 is 20.7 Å². The lowest BCUT2D eigenvalue weighted by Gasteiger charge is -2.19. The number of rotatable bonds is 8. The number of benzene rings is 1. The van der Waals surface area contributed by atoms with Gasteiger partial charge in [-0.25, -0.2) is 0 Å². The third-order valence-electron chi connectivity index (χ3n) is 5.38. The van der Waals surface area contributed by atoms with Crippen molar-refractivity contribution in [3.8, 4) is 5.75 Å². The molecule has 30 heavy (non-hydrogen) atoms. The summed E-state index contributed by atoms with van der Waals surface area (Å²) >= 11 is 0. The summed E-state index contributed by atoms with van der Waals surface area (Å²) in [5.41, 5.74) is 3.63. The third-order valence-corrected chi connectivity index (χ3v) is 5.38. The van der Waals surface area contributed by atoms with Crippen molar-refractivity contribution in [1.82, 2.24) is 20.9 Å². The number of carbonyl (C=O) groups excluding carboxylic acids is 1. The number of carbonyl (C=O) groups is 1. The smallest absolute Gasteiger partial charge is 0.251 e. The van der Waals surface area contributed by atoms with E-state index in [0.717, 1.165) is 54.5 Å². The highest BCUT2D eigenvalue weighted by atomic mass is 16.5. The molecule has 2 aromatic rings. The molecule has 1 fully saturated rings. The van der Waals surface area contributed by atoms with Gasteiger partial charge in [-0.15, -0.1) is 0 Å². The van der Waals surface area contributed by atoms with E-state index in [1.807, 2.05) is 44.3 Å². The summed E-state index contributed by atoms with van der Waals surface area (Å²) in [5.74, 6) is 1.93. The van der Waals surface area contributed by atoms with Gasteiger partial charge in [0.2, 0.25) is 0 Å². The number of guanidine groups is 1. The molecule has 1 unspecified atom stereocenters. The van der Waals surface area contributed by atoms with Crippen LogP contribution in [0.2, 0.25) is 0 Å². The maximum absolute atomic E-state index is 13.1. The van der Waals surface area contributed by atoms with Gasteiger partial charge in [0.15, 0.2) is 5.96 Å². The van der Waals surface area contributed by atoms with Crippen LogP contribution in [0.3, 0.4) is 0 Å². The van der Waals surface area contributed by atoms with Crippen molar-refractivity contribution in [3.05, 3.63) is 58.9 Å². The number of nitrogens with zero attached hydrogens (tertiary/aromatic N) is 2. The number of amides is 1. The summed E-state index contributed by atoms with van der Waals surface area (Å²) in [5, 5.41) is 9.69. The Bertz CT molecular complexity index is 939. The van der Waals surface area contributed by atoms with E-state index in [2.05, 4.69) is 32.0 Å². The topological polar surface area (TPSA) is 87.6 Å². The molecule has 1 aromatic heterocycles. The highest BCUT2D eigenvalue weighted by Gasteiger charge is 2.34. The van der Waals surface area contributed by atoms with Crippen LogP contribution in [0.15, 0.2) is 41.5 Å². The van der Waals surface area contributed by atoms with Crippen molar-refractivity contribution >= 4 is 11.9 Å². The Morgan fingerprint density at radius 2 is 2.17 bits per heavy atom. The Morgan fingerprint density at radius 1 is 1.30 bits per heavy atom. The number of aryl methyl sites for hydroxylation is 1. The zero-order valence-corrected chi connectivity index (χ0v) is 17.6. The van der Waals surface area contributed by atoms with Gasteiger partial charge in [0.05, 0.1) is 24.9 Å². The molecule has 1 saturated carbocycles. The van der Waals surface area contributed by atoms with Gasteiger partial charge in [0, 0.05) is 30.4 Å². The number of hydrogen-bond donors (Lipinski definition) is 3. The molecule has 7 nitrogen and oxygen atoms in total. The van der Waals surface area contributed by atoms with Crippen molar-refractivity contribution in [2.75, 3.05) is 19.7 Å². The monoisotopic (exact) mass is 407 g/mol. The number of ether oxygens (including phenoxy) is 1. The van der Waals surface area contributed by atoms with Crippen molar-refractivity contribution in [1.29, 1.82) is 0 Å². The minimum atomic E-state index is -0.0872. The largest absolute Gasteiger partial charge is 0.494 e. The predicted octanol–water partition coefficient (Wildman–Crippen LogP) is 2.72. The van der Waals surface area contributed by atoms with E-state index >= 15 is 0 Å². The van der Waals surface area contributed by atoms with Crippen LogP contribution in [-0.4, -0.2) is 36.5 Å².